The average Bonchev–Trinajstić information content (AvgIpc) is 2.41. The van der Waals surface area contributed by atoms with Gasteiger partial charge in [-0.25, -0.2) is 0 Å². The summed E-state index contributed by atoms with van der Waals surface area (Å²) < 4.78 is 15.0. The first-order chi connectivity index (χ1) is 9.88. The van der Waals surface area contributed by atoms with Gasteiger partial charge in [0.25, 0.3) is 5.91 Å². The number of nitro benzene ring substituents is 1. The Morgan fingerprint density at radius 1 is 1.29 bits per heavy atom. The first-order valence-corrected chi connectivity index (χ1v) is 7.46. The predicted molar refractivity (Wildman–Crippen MR) is 87.9 cm³/mol. The van der Waals surface area contributed by atoms with Gasteiger partial charge in [-0.2, -0.15) is 4.39 Å². The van der Waals surface area contributed by atoms with Gasteiger partial charge in [0.1, 0.15) is 0 Å². The molecule has 1 N–H and O–H groups in total. The molecule has 0 aliphatic rings. The zero-order chi connectivity index (χ0) is 15.6. The normalized spacial score (nSPS) is 10.2. The summed E-state index contributed by atoms with van der Waals surface area (Å²) in [6, 6.07) is 8.43. The second-order valence-corrected chi connectivity index (χ2v) is 6.10. The highest BCUT2D eigenvalue weighted by Crippen LogP contribution is 2.23. The van der Waals surface area contributed by atoms with Crippen LogP contribution in [-0.2, 0) is 0 Å². The predicted octanol–water partition coefficient (Wildman–Crippen LogP) is 4.35. The maximum absolute atomic E-state index is 13.5. The van der Waals surface area contributed by atoms with Gasteiger partial charge in [0.15, 0.2) is 0 Å². The molecule has 108 valence electrons. The fourth-order valence-electron chi connectivity index (χ4n) is 1.60. The van der Waals surface area contributed by atoms with Crippen LogP contribution in [0.2, 0.25) is 0 Å². The van der Waals surface area contributed by atoms with Crippen molar-refractivity contribution >= 4 is 55.8 Å². The number of nitrogens with one attached hydrogen (secondary N) is 1. The second kappa shape index (κ2) is 6.48. The highest BCUT2D eigenvalue weighted by atomic mass is 127. The van der Waals surface area contributed by atoms with E-state index in [1.165, 1.54) is 6.07 Å². The van der Waals surface area contributed by atoms with Gasteiger partial charge in [0, 0.05) is 25.9 Å². The topological polar surface area (TPSA) is 72.2 Å². The summed E-state index contributed by atoms with van der Waals surface area (Å²) in [6.07, 6.45) is 0. The molecule has 0 aliphatic carbocycles. The monoisotopic (exact) mass is 464 g/mol. The summed E-state index contributed by atoms with van der Waals surface area (Å²) in [4.78, 5) is 21.8. The average molecular weight is 465 g/mol. The van der Waals surface area contributed by atoms with E-state index < -0.39 is 22.3 Å². The molecule has 0 spiro atoms. The Kier molecular flexibility index (Phi) is 4.88. The molecule has 2 aromatic rings. The fraction of sp³-hybridized carbons (Fsp3) is 0. The molecule has 0 radical (unpaired) electrons. The molecule has 0 atom stereocenters. The number of halogens is 3. The van der Waals surface area contributed by atoms with Gasteiger partial charge >= 0.3 is 5.69 Å². The number of nitro groups is 1. The van der Waals surface area contributed by atoms with E-state index in [4.69, 9.17) is 0 Å². The molecular formula is C13H7BrFIN2O3. The van der Waals surface area contributed by atoms with E-state index >= 15 is 0 Å². The Morgan fingerprint density at radius 3 is 2.62 bits per heavy atom. The van der Waals surface area contributed by atoms with E-state index in [1.54, 1.807) is 12.1 Å². The van der Waals surface area contributed by atoms with Gasteiger partial charge in [-0.15, -0.1) is 0 Å². The first kappa shape index (κ1) is 15.8. The number of amides is 1. The Balaban J connectivity index is 2.26. The van der Waals surface area contributed by atoms with Crippen molar-refractivity contribution in [1.29, 1.82) is 0 Å². The Bertz CT molecular complexity index is 739. The number of benzene rings is 2. The van der Waals surface area contributed by atoms with Crippen molar-refractivity contribution in [3.05, 3.63) is 65.9 Å². The Hall–Kier alpha value is -1.55. The van der Waals surface area contributed by atoms with Crippen molar-refractivity contribution in [1.82, 2.24) is 0 Å². The smallest absolute Gasteiger partial charge is 0.304 e. The molecule has 2 aromatic carbocycles. The standard InChI is InChI=1S/C13H7BrFIN2O3/c14-10-3-1-7(16)5-9(10)13(19)17-8-2-4-12(18(20)21)11(15)6-8/h1-6H,(H,17,19). The third kappa shape index (κ3) is 3.76. The lowest BCUT2D eigenvalue weighted by atomic mass is 10.2. The van der Waals surface area contributed by atoms with Crippen LogP contribution in [0.25, 0.3) is 0 Å². The lowest BCUT2D eigenvalue weighted by molar-refractivity contribution is -0.387. The van der Waals surface area contributed by atoms with Crippen LogP contribution in [0.3, 0.4) is 0 Å². The van der Waals surface area contributed by atoms with Crippen LogP contribution in [-0.4, -0.2) is 10.8 Å². The molecule has 0 aromatic heterocycles. The van der Waals surface area contributed by atoms with E-state index in [9.17, 15) is 19.3 Å². The van der Waals surface area contributed by atoms with Crippen LogP contribution in [0.15, 0.2) is 40.9 Å². The minimum atomic E-state index is -1.00. The van der Waals surface area contributed by atoms with Crippen molar-refractivity contribution in [3.8, 4) is 0 Å². The maximum atomic E-state index is 13.5. The van der Waals surface area contributed by atoms with E-state index in [-0.39, 0.29) is 5.69 Å². The SMILES string of the molecule is O=C(Nc1ccc([N+](=O)[O-])c(F)c1)c1cc(I)ccc1Br. The zero-order valence-corrected chi connectivity index (χ0v) is 14.0. The zero-order valence-electron chi connectivity index (χ0n) is 10.3. The van der Waals surface area contributed by atoms with Crippen molar-refractivity contribution < 1.29 is 14.1 Å². The fourth-order valence-corrected chi connectivity index (χ4v) is 2.52. The van der Waals surface area contributed by atoms with Crippen LogP contribution in [0.1, 0.15) is 10.4 Å². The maximum Gasteiger partial charge on any atom is 0.304 e. The molecule has 0 fully saturated rings. The van der Waals surface area contributed by atoms with Crippen molar-refractivity contribution in [2.75, 3.05) is 5.32 Å². The third-order valence-electron chi connectivity index (χ3n) is 2.58. The molecule has 0 aliphatic heterocycles. The molecule has 2 rings (SSSR count). The van der Waals surface area contributed by atoms with Crippen LogP contribution in [0, 0.1) is 19.5 Å². The molecular weight excluding hydrogens is 458 g/mol. The van der Waals surface area contributed by atoms with Gasteiger partial charge in [-0.1, -0.05) is 0 Å². The van der Waals surface area contributed by atoms with Gasteiger partial charge in [-0.3, -0.25) is 14.9 Å². The van der Waals surface area contributed by atoms with Gasteiger partial charge < -0.3 is 5.32 Å². The van der Waals surface area contributed by atoms with Gasteiger partial charge in [0.05, 0.1) is 10.5 Å². The highest BCUT2D eigenvalue weighted by Gasteiger charge is 2.16. The molecule has 0 saturated carbocycles. The minimum Gasteiger partial charge on any atom is -0.322 e. The molecule has 8 heteroatoms. The molecule has 0 bridgehead atoms. The molecule has 1 amide bonds. The van der Waals surface area contributed by atoms with Gasteiger partial charge in [0.2, 0.25) is 5.82 Å². The number of anilines is 1. The van der Waals surface area contributed by atoms with Gasteiger partial charge in [-0.05, 0) is 62.8 Å². The number of rotatable bonds is 3. The van der Waals surface area contributed by atoms with Crippen LogP contribution >= 0.6 is 38.5 Å². The Labute approximate surface area is 141 Å². The highest BCUT2D eigenvalue weighted by molar-refractivity contribution is 14.1. The Morgan fingerprint density at radius 2 is 2.00 bits per heavy atom. The summed E-state index contributed by atoms with van der Waals surface area (Å²) in [5, 5.41) is 13.0. The summed E-state index contributed by atoms with van der Waals surface area (Å²) in [5.41, 5.74) is -0.0991. The van der Waals surface area contributed by atoms with E-state index in [1.807, 2.05) is 6.07 Å². The molecule has 21 heavy (non-hydrogen) atoms. The van der Waals surface area contributed by atoms with E-state index in [0.717, 1.165) is 15.7 Å². The van der Waals surface area contributed by atoms with E-state index in [2.05, 4.69) is 43.8 Å². The largest absolute Gasteiger partial charge is 0.322 e. The minimum absolute atomic E-state index is 0.147. The van der Waals surface area contributed by atoms with Crippen molar-refractivity contribution in [2.45, 2.75) is 0 Å². The number of hydrogen-bond acceptors (Lipinski definition) is 3. The van der Waals surface area contributed by atoms with Crippen LogP contribution < -0.4 is 5.32 Å². The van der Waals surface area contributed by atoms with E-state index in [0.29, 0.717) is 10.0 Å². The first-order valence-electron chi connectivity index (χ1n) is 5.59. The number of nitrogens with zero attached hydrogens (tertiary/aromatic N) is 1. The lowest BCUT2D eigenvalue weighted by Gasteiger charge is -2.07. The lowest BCUT2D eigenvalue weighted by Crippen LogP contribution is -2.13. The van der Waals surface area contributed by atoms with Crippen molar-refractivity contribution in [2.24, 2.45) is 0 Å². The summed E-state index contributed by atoms with van der Waals surface area (Å²) in [5.74, 6) is -1.44. The summed E-state index contributed by atoms with van der Waals surface area (Å²) in [7, 11) is 0. The molecule has 0 heterocycles. The van der Waals surface area contributed by atoms with Crippen LogP contribution in [0.5, 0.6) is 0 Å². The third-order valence-corrected chi connectivity index (χ3v) is 3.94. The number of hydrogen-bond donors (Lipinski definition) is 1. The summed E-state index contributed by atoms with van der Waals surface area (Å²) in [6.45, 7) is 0. The molecule has 0 unspecified atom stereocenters. The quantitative estimate of drug-likeness (QED) is 0.417. The second-order valence-electron chi connectivity index (χ2n) is 4.00. The molecule has 0 saturated heterocycles. The molecule has 5 nitrogen and oxygen atoms in total. The number of carbonyl (C=O) groups excluding carboxylic acids is 1. The number of carbonyl (C=O) groups is 1. The van der Waals surface area contributed by atoms with Crippen molar-refractivity contribution in [3.63, 3.8) is 0 Å². The summed E-state index contributed by atoms with van der Waals surface area (Å²) >= 11 is 5.33. The van der Waals surface area contributed by atoms with Crippen LogP contribution in [0.4, 0.5) is 15.8 Å².